The number of hydrogen-bond acceptors (Lipinski definition) is 3. The lowest BCUT2D eigenvalue weighted by atomic mass is 10.0. The molecule has 1 aromatic carbocycles. The number of hydrogen-bond donors (Lipinski definition) is 0. The van der Waals surface area contributed by atoms with Crippen molar-refractivity contribution in [1.82, 2.24) is 0 Å². The molecule has 0 N–H and O–H groups in total. The molecule has 2 aromatic rings. The molecule has 4 heteroatoms. The van der Waals surface area contributed by atoms with Crippen molar-refractivity contribution in [2.24, 2.45) is 0 Å². The highest BCUT2D eigenvalue weighted by atomic mass is 16.5. The maximum Gasteiger partial charge on any atom is 0.345 e. The van der Waals surface area contributed by atoms with Crippen molar-refractivity contribution in [2.45, 2.75) is 20.8 Å². The Labute approximate surface area is 105 Å². The van der Waals surface area contributed by atoms with Crippen LogP contribution in [0.1, 0.15) is 28.7 Å². The summed E-state index contributed by atoms with van der Waals surface area (Å²) in [5, 5.41) is 13.6. The average Bonchev–Trinajstić information content (AvgIpc) is 2.37. The van der Waals surface area contributed by atoms with Gasteiger partial charge in [-0.1, -0.05) is 18.2 Å². The van der Waals surface area contributed by atoms with E-state index in [1.165, 1.54) is 0 Å². The molecule has 0 saturated heterocycles. The smallest absolute Gasteiger partial charge is 0.345 e. The van der Waals surface area contributed by atoms with Gasteiger partial charge in [-0.3, -0.25) is 0 Å². The monoisotopic (exact) mass is 245 g/mol. The Morgan fingerprint density at radius 2 is 1.83 bits per heavy atom. The first-order chi connectivity index (χ1) is 8.57. The fourth-order valence-corrected chi connectivity index (χ4v) is 2.13. The second kappa shape index (κ2) is 4.64. The molecule has 1 aromatic heterocycles. The first-order valence-corrected chi connectivity index (χ1v) is 5.86. The van der Waals surface area contributed by atoms with Crippen molar-refractivity contribution >= 4 is 16.7 Å². The van der Waals surface area contributed by atoms with Crippen LogP contribution in [-0.2, 0) is 4.74 Å². The number of aromatic nitrogens is 1. The van der Waals surface area contributed by atoms with E-state index >= 15 is 0 Å². The molecular formula is C14H15NO3. The van der Waals surface area contributed by atoms with Gasteiger partial charge in [0.2, 0.25) is 5.69 Å². The van der Waals surface area contributed by atoms with Crippen LogP contribution in [-0.4, -0.2) is 12.6 Å². The predicted octanol–water partition coefficient (Wildman–Crippen LogP) is 2.27. The molecule has 0 aliphatic carbocycles. The van der Waals surface area contributed by atoms with Crippen LogP contribution in [0.3, 0.4) is 0 Å². The third-order valence-electron chi connectivity index (χ3n) is 3.04. The molecule has 1 heterocycles. The molecule has 0 fully saturated rings. The summed E-state index contributed by atoms with van der Waals surface area (Å²) in [6.45, 7) is 5.42. The topological polar surface area (TPSA) is 53.2 Å². The highest BCUT2D eigenvalue weighted by Crippen LogP contribution is 2.22. The SMILES string of the molecule is CCOC(=O)c1c(C)[n+]([O-])c(C)c2ccccc12. The molecule has 0 aliphatic rings. The van der Waals surface area contributed by atoms with Crippen LogP contribution in [0.15, 0.2) is 24.3 Å². The Morgan fingerprint density at radius 3 is 2.44 bits per heavy atom. The van der Waals surface area contributed by atoms with Crippen LogP contribution in [0.5, 0.6) is 0 Å². The fourth-order valence-electron chi connectivity index (χ4n) is 2.13. The largest absolute Gasteiger partial charge is 0.618 e. The molecule has 18 heavy (non-hydrogen) atoms. The van der Waals surface area contributed by atoms with E-state index in [-0.39, 0.29) is 0 Å². The second-order valence-electron chi connectivity index (χ2n) is 4.11. The van der Waals surface area contributed by atoms with E-state index in [9.17, 15) is 10.0 Å². The molecule has 0 saturated carbocycles. The van der Waals surface area contributed by atoms with Crippen LogP contribution in [0.2, 0.25) is 0 Å². The minimum absolute atomic E-state index is 0.291. The molecule has 4 nitrogen and oxygen atoms in total. The third kappa shape index (κ3) is 1.79. The van der Waals surface area contributed by atoms with Crippen molar-refractivity contribution in [2.75, 3.05) is 6.61 Å². The maximum atomic E-state index is 12.0. The summed E-state index contributed by atoms with van der Waals surface area (Å²) in [5.41, 5.74) is 1.33. The number of carbonyl (C=O) groups excluding carboxylic acids is 1. The number of ether oxygens (including phenoxy) is 1. The number of pyridine rings is 1. The standard InChI is InChI=1S/C14H15NO3/c1-4-18-14(16)13-10(3)15(17)9(2)11-7-5-6-8-12(11)13/h5-8H,4H2,1-3H3. The Kier molecular flexibility index (Phi) is 3.19. The first kappa shape index (κ1) is 12.4. The van der Waals surface area contributed by atoms with Crippen LogP contribution >= 0.6 is 0 Å². The number of benzene rings is 1. The molecule has 0 aliphatic heterocycles. The number of aryl methyl sites for hydroxylation is 1. The lowest BCUT2D eigenvalue weighted by Crippen LogP contribution is -2.36. The Bertz CT molecular complexity index is 620. The van der Waals surface area contributed by atoms with Crippen LogP contribution in [0.25, 0.3) is 10.8 Å². The summed E-state index contributed by atoms with van der Waals surface area (Å²) in [6.07, 6.45) is 0. The molecule has 0 radical (unpaired) electrons. The molecule has 94 valence electrons. The Morgan fingerprint density at radius 1 is 1.22 bits per heavy atom. The van der Waals surface area contributed by atoms with E-state index in [4.69, 9.17) is 4.74 Å². The van der Waals surface area contributed by atoms with Crippen molar-refractivity contribution in [3.8, 4) is 0 Å². The van der Waals surface area contributed by atoms with Crippen molar-refractivity contribution in [3.05, 3.63) is 46.4 Å². The van der Waals surface area contributed by atoms with Gasteiger partial charge in [0, 0.05) is 19.2 Å². The first-order valence-electron chi connectivity index (χ1n) is 5.86. The highest BCUT2D eigenvalue weighted by Gasteiger charge is 2.23. The van der Waals surface area contributed by atoms with Crippen LogP contribution in [0, 0.1) is 19.1 Å². The zero-order valence-corrected chi connectivity index (χ0v) is 10.7. The van der Waals surface area contributed by atoms with Crippen molar-refractivity contribution in [3.63, 3.8) is 0 Å². The number of rotatable bonds is 2. The Hall–Kier alpha value is -2.10. The summed E-state index contributed by atoms with van der Waals surface area (Å²) >= 11 is 0. The zero-order valence-electron chi connectivity index (χ0n) is 10.7. The van der Waals surface area contributed by atoms with E-state index in [1.54, 1.807) is 20.8 Å². The lowest BCUT2D eigenvalue weighted by molar-refractivity contribution is -0.617. The minimum Gasteiger partial charge on any atom is -0.618 e. The van der Waals surface area contributed by atoms with E-state index in [1.807, 2.05) is 24.3 Å². The van der Waals surface area contributed by atoms with Gasteiger partial charge in [-0.05, 0) is 13.0 Å². The molecule has 0 spiro atoms. The zero-order chi connectivity index (χ0) is 13.3. The number of carbonyl (C=O) groups is 1. The molecular weight excluding hydrogens is 230 g/mol. The van der Waals surface area contributed by atoms with Crippen molar-refractivity contribution in [1.29, 1.82) is 0 Å². The summed E-state index contributed by atoms with van der Waals surface area (Å²) in [4.78, 5) is 12.0. The van der Waals surface area contributed by atoms with Gasteiger partial charge in [-0.2, -0.15) is 4.73 Å². The minimum atomic E-state index is -0.448. The van der Waals surface area contributed by atoms with Gasteiger partial charge in [-0.15, -0.1) is 0 Å². The molecule has 0 bridgehead atoms. The summed E-state index contributed by atoms with van der Waals surface area (Å²) in [7, 11) is 0. The summed E-state index contributed by atoms with van der Waals surface area (Å²) in [6, 6.07) is 7.36. The fraction of sp³-hybridized carbons (Fsp3) is 0.286. The predicted molar refractivity (Wildman–Crippen MR) is 68.3 cm³/mol. The van der Waals surface area contributed by atoms with Gasteiger partial charge < -0.3 is 9.94 Å². The maximum absolute atomic E-state index is 12.0. The molecule has 0 atom stereocenters. The van der Waals surface area contributed by atoms with Gasteiger partial charge in [0.05, 0.1) is 12.0 Å². The third-order valence-corrected chi connectivity index (χ3v) is 3.04. The average molecular weight is 245 g/mol. The van der Waals surface area contributed by atoms with Gasteiger partial charge in [0.1, 0.15) is 5.56 Å². The van der Waals surface area contributed by atoms with Gasteiger partial charge >= 0.3 is 5.97 Å². The number of fused-ring (bicyclic) bond motifs is 1. The summed E-state index contributed by atoms with van der Waals surface area (Å²) in [5.74, 6) is -0.448. The lowest BCUT2D eigenvalue weighted by Gasteiger charge is -2.12. The van der Waals surface area contributed by atoms with Gasteiger partial charge in [-0.25, -0.2) is 4.79 Å². The Balaban J connectivity index is 2.83. The second-order valence-corrected chi connectivity index (χ2v) is 4.11. The number of nitrogens with zero attached hydrogens (tertiary/aromatic N) is 1. The highest BCUT2D eigenvalue weighted by molar-refractivity contribution is 6.05. The van der Waals surface area contributed by atoms with E-state index in [0.29, 0.717) is 23.6 Å². The summed E-state index contributed by atoms with van der Waals surface area (Å²) < 4.78 is 5.81. The normalized spacial score (nSPS) is 10.6. The molecule has 2 rings (SSSR count). The van der Waals surface area contributed by atoms with Gasteiger partial charge in [0.25, 0.3) is 0 Å². The van der Waals surface area contributed by atoms with E-state index < -0.39 is 5.97 Å². The number of esters is 1. The molecule has 0 amide bonds. The molecule has 0 unspecified atom stereocenters. The van der Waals surface area contributed by atoms with Crippen LogP contribution in [0.4, 0.5) is 0 Å². The van der Waals surface area contributed by atoms with E-state index in [2.05, 4.69) is 0 Å². The van der Waals surface area contributed by atoms with Crippen molar-refractivity contribution < 1.29 is 14.3 Å². The quantitative estimate of drug-likeness (QED) is 0.463. The van der Waals surface area contributed by atoms with E-state index in [0.717, 1.165) is 15.5 Å². The van der Waals surface area contributed by atoms with Gasteiger partial charge in [0.15, 0.2) is 5.69 Å². The van der Waals surface area contributed by atoms with Crippen LogP contribution < -0.4 is 4.73 Å².